The molecule has 2 aromatic rings. The lowest BCUT2D eigenvalue weighted by atomic mass is 10.1. The van der Waals surface area contributed by atoms with Crippen molar-refractivity contribution in [1.82, 2.24) is 4.90 Å². The number of amides is 1. The van der Waals surface area contributed by atoms with Gasteiger partial charge in [0.05, 0.1) is 0 Å². The average Bonchev–Trinajstić information content (AvgIpc) is 2.48. The smallest absolute Gasteiger partial charge is 0.224 e. The molecule has 0 unspecified atom stereocenters. The number of hydrogen-bond donors (Lipinski definition) is 1. The van der Waals surface area contributed by atoms with Crippen molar-refractivity contribution in [1.29, 1.82) is 0 Å². The minimum Gasteiger partial charge on any atom is -0.326 e. The Balaban J connectivity index is 1.96. The van der Waals surface area contributed by atoms with Gasteiger partial charge >= 0.3 is 0 Å². The number of carbonyl (C=O) groups is 1. The highest BCUT2D eigenvalue weighted by Gasteiger charge is 2.08. The minimum atomic E-state index is 0.0435. The Hall–Kier alpha value is -1.65. The van der Waals surface area contributed by atoms with E-state index in [9.17, 15) is 4.79 Å². The van der Waals surface area contributed by atoms with Crippen LogP contribution < -0.4 is 5.32 Å². The molecule has 0 saturated heterocycles. The van der Waals surface area contributed by atoms with Crippen molar-refractivity contribution in [3.05, 3.63) is 64.1 Å². The predicted octanol–water partition coefficient (Wildman–Crippen LogP) is 4.08. The molecule has 0 aliphatic rings. The molecule has 2 rings (SSSR count). The fourth-order valence-electron chi connectivity index (χ4n) is 2.28. The van der Waals surface area contributed by atoms with Crippen LogP contribution in [-0.4, -0.2) is 24.9 Å². The van der Waals surface area contributed by atoms with Crippen LogP contribution in [0.15, 0.2) is 53.0 Å². The summed E-state index contributed by atoms with van der Waals surface area (Å²) >= 11 is 3.51. The van der Waals surface area contributed by atoms with Gasteiger partial charge in [0.25, 0.3) is 0 Å². The van der Waals surface area contributed by atoms with Gasteiger partial charge in [-0.15, -0.1) is 0 Å². The van der Waals surface area contributed by atoms with E-state index in [0.717, 1.165) is 34.3 Å². The quantitative estimate of drug-likeness (QED) is 0.841. The van der Waals surface area contributed by atoms with Crippen molar-refractivity contribution in [2.24, 2.45) is 0 Å². The zero-order chi connectivity index (χ0) is 15.9. The predicted molar refractivity (Wildman–Crippen MR) is 94.9 cm³/mol. The molecule has 3 nitrogen and oxygen atoms in total. The summed E-state index contributed by atoms with van der Waals surface area (Å²) in [6.07, 6.45) is 1.20. The van der Waals surface area contributed by atoms with Crippen molar-refractivity contribution in [2.45, 2.75) is 19.4 Å². The van der Waals surface area contributed by atoms with Gasteiger partial charge in [-0.3, -0.25) is 4.79 Å². The maximum Gasteiger partial charge on any atom is 0.224 e. The molecule has 0 spiro atoms. The Morgan fingerprint density at radius 1 is 1.05 bits per heavy atom. The Morgan fingerprint density at radius 2 is 1.68 bits per heavy atom. The van der Waals surface area contributed by atoms with Crippen LogP contribution >= 0.6 is 15.9 Å². The monoisotopic (exact) mass is 360 g/mol. The third kappa shape index (κ3) is 4.97. The Bertz CT molecular complexity index is 640. The summed E-state index contributed by atoms with van der Waals surface area (Å²) in [7, 11) is 4.04. The first-order valence-electron chi connectivity index (χ1n) is 7.32. The van der Waals surface area contributed by atoms with Crippen LogP contribution in [0.4, 0.5) is 5.69 Å². The number of hydrogen-bond acceptors (Lipinski definition) is 2. The molecule has 1 N–H and O–H groups in total. The van der Waals surface area contributed by atoms with Crippen molar-refractivity contribution in [3.63, 3.8) is 0 Å². The van der Waals surface area contributed by atoms with Gasteiger partial charge < -0.3 is 10.2 Å². The van der Waals surface area contributed by atoms with E-state index in [1.807, 2.05) is 62.6 Å². The lowest BCUT2D eigenvalue weighted by molar-refractivity contribution is -0.116. The van der Waals surface area contributed by atoms with Gasteiger partial charge in [0.2, 0.25) is 5.91 Å². The molecule has 0 aliphatic carbocycles. The maximum absolute atomic E-state index is 12.2. The molecule has 0 saturated carbocycles. The third-order valence-electron chi connectivity index (χ3n) is 3.36. The lowest BCUT2D eigenvalue weighted by Crippen LogP contribution is -2.17. The second-order valence-electron chi connectivity index (χ2n) is 5.53. The number of halogens is 1. The van der Waals surface area contributed by atoms with Gasteiger partial charge in [-0.05, 0) is 43.8 Å². The molecule has 0 fully saturated rings. The molecule has 0 heterocycles. The molecular weight excluding hydrogens is 340 g/mol. The second kappa shape index (κ2) is 8.11. The van der Waals surface area contributed by atoms with Crippen LogP contribution in [0.2, 0.25) is 0 Å². The zero-order valence-corrected chi connectivity index (χ0v) is 14.6. The van der Waals surface area contributed by atoms with Gasteiger partial charge in [-0.2, -0.15) is 0 Å². The normalized spacial score (nSPS) is 10.7. The van der Waals surface area contributed by atoms with Gasteiger partial charge in [0, 0.05) is 23.1 Å². The molecule has 4 heteroatoms. The van der Waals surface area contributed by atoms with Crippen LogP contribution in [0.25, 0.3) is 0 Å². The Kier molecular flexibility index (Phi) is 6.16. The maximum atomic E-state index is 12.2. The highest BCUT2D eigenvalue weighted by atomic mass is 79.9. The fourth-order valence-corrected chi connectivity index (χ4v) is 2.77. The van der Waals surface area contributed by atoms with E-state index < -0.39 is 0 Å². The first kappa shape index (κ1) is 16.7. The van der Waals surface area contributed by atoms with E-state index >= 15 is 0 Å². The number of nitrogens with zero attached hydrogens (tertiary/aromatic N) is 1. The first-order chi connectivity index (χ1) is 10.6. The van der Waals surface area contributed by atoms with E-state index in [1.54, 1.807) is 0 Å². The van der Waals surface area contributed by atoms with Crippen LogP contribution in [0.1, 0.15) is 17.5 Å². The molecule has 0 atom stereocenters. The molecule has 116 valence electrons. The number of anilines is 1. The van der Waals surface area contributed by atoms with E-state index in [2.05, 4.69) is 26.1 Å². The SMILES string of the molecule is CN(C)Cc1ccccc1NC(=O)CCc1ccccc1Br. The molecule has 22 heavy (non-hydrogen) atoms. The van der Waals surface area contributed by atoms with Crippen molar-refractivity contribution in [3.8, 4) is 0 Å². The minimum absolute atomic E-state index is 0.0435. The molecule has 0 aromatic heterocycles. The summed E-state index contributed by atoms with van der Waals surface area (Å²) in [5.74, 6) is 0.0435. The van der Waals surface area contributed by atoms with E-state index in [4.69, 9.17) is 0 Å². The van der Waals surface area contributed by atoms with Crippen LogP contribution in [0, 0.1) is 0 Å². The van der Waals surface area contributed by atoms with E-state index in [1.165, 1.54) is 0 Å². The van der Waals surface area contributed by atoms with E-state index in [-0.39, 0.29) is 5.91 Å². The first-order valence-corrected chi connectivity index (χ1v) is 8.11. The van der Waals surface area contributed by atoms with Crippen molar-refractivity contribution in [2.75, 3.05) is 19.4 Å². The Labute approximate surface area is 140 Å². The Morgan fingerprint density at radius 3 is 2.36 bits per heavy atom. The number of rotatable bonds is 6. The van der Waals surface area contributed by atoms with Crippen LogP contribution in [0.3, 0.4) is 0 Å². The second-order valence-corrected chi connectivity index (χ2v) is 6.39. The summed E-state index contributed by atoms with van der Waals surface area (Å²) in [5.41, 5.74) is 3.18. The number of benzene rings is 2. The number of carbonyl (C=O) groups excluding carboxylic acids is 1. The van der Waals surface area contributed by atoms with Gasteiger partial charge in [-0.1, -0.05) is 52.3 Å². The summed E-state index contributed by atoms with van der Waals surface area (Å²) in [5, 5.41) is 3.02. The standard InChI is InChI=1S/C18H21BrN2O/c1-21(2)13-15-8-4-6-10-17(15)20-18(22)12-11-14-7-3-5-9-16(14)19/h3-10H,11-13H2,1-2H3,(H,20,22). The number of aryl methyl sites for hydroxylation is 1. The average molecular weight is 361 g/mol. The number of nitrogens with one attached hydrogen (secondary N) is 1. The summed E-state index contributed by atoms with van der Waals surface area (Å²) in [6.45, 7) is 0.806. The lowest BCUT2D eigenvalue weighted by Gasteiger charge is -2.15. The topological polar surface area (TPSA) is 32.3 Å². The third-order valence-corrected chi connectivity index (χ3v) is 4.13. The van der Waals surface area contributed by atoms with Crippen molar-refractivity contribution >= 4 is 27.5 Å². The largest absolute Gasteiger partial charge is 0.326 e. The van der Waals surface area contributed by atoms with E-state index in [0.29, 0.717) is 6.42 Å². The van der Waals surface area contributed by atoms with Gasteiger partial charge in [0.15, 0.2) is 0 Å². The summed E-state index contributed by atoms with van der Waals surface area (Å²) < 4.78 is 1.05. The zero-order valence-electron chi connectivity index (χ0n) is 13.0. The molecule has 0 radical (unpaired) electrons. The van der Waals surface area contributed by atoms with Gasteiger partial charge in [0.1, 0.15) is 0 Å². The summed E-state index contributed by atoms with van der Waals surface area (Å²) in [4.78, 5) is 14.3. The summed E-state index contributed by atoms with van der Waals surface area (Å²) in [6, 6.07) is 15.9. The van der Waals surface area contributed by atoms with Crippen LogP contribution in [0.5, 0.6) is 0 Å². The number of para-hydroxylation sites is 1. The highest BCUT2D eigenvalue weighted by Crippen LogP contribution is 2.19. The molecule has 0 aliphatic heterocycles. The molecule has 0 bridgehead atoms. The molecule has 2 aromatic carbocycles. The highest BCUT2D eigenvalue weighted by molar-refractivity contribution is 9.10. The van der Waals surface area contributed by atoms with Crippen molar-refractivity contribution < 1.29 is 4.79 Å². The molecular formula is C18H21BrN2O. The van der Waals surface area contributed by atoms with Gasteiger partial charge in [-0.25, -0.2) is 0 Å². The van der Waals surface area contributed by atoms with Crippen LogP contribution in [-0.2, 0) is 17.8 Å². The fraction of sp³-hybridized carbons (Fsp3) is 0.278. The molecule has 1 amide bonds.